The molecule has 0 saturated carbocycles. The summed E-state index contributed by atoms with van der Waals surface area (Å²) in [5.74, 6) is -0.402. The molecule has 1 aromatic rings. The highest BCUT2D eigenvalue weighted by Gasteiger charge is 2.13. The summed E-state index contributed by atoms with van der Waals surface area (Å²) in [5, 5.41) is 0. The van der Waals surface area contributed by atoms with E-state index in [1.807, 2.05) is 31.2 Å². The Labute approximate surface area is 89.9 Å². The minimum atomic E-state index is -3.98. The largest absolute Gasteiger partial charge is 0.326 e. The highest BCUT2D eigenvalue weighted by molar-refractivity contribution is 7.85. The Morgan fingerprint density at radius 2 is 2.13 bits per heavy atom. The fourth-order valence-electron chi connectivity index (χ4n) is 1.47. The van der Waals surface area contributed by atoms with Gasteiger partial charge in [-0.25, -0.2) is 0 Å². The van der Waals surface area contributed by atoms with Gasteiger partial charge in [-0.2, -0.15) is 8.42 Å². The third-order valence-electron chi connectivity index (χ3n) is 2.01. The average Bonchev–Trinajstić information content (AvgIpc) is 1.99. The predicted molar refractivity (Wildman–Crippen MR) is 59.3 cm³/mol. The number of aryl methyl sites for hydroxylation is 1. The summed E-state index contributed by atoms with van der Waals surface area (Å²) < 4.78 is 29.8. The molecular formula is C10H15NO3S. The molecule has 0 bridgehead atoms. The zero-order valence-corrected chi connectivity index (χ0v) is 9.37. The second-order valence-electron chi connectivity index (χ2n) is 3.70. The Kier molecular flexibility index (Phi) is 3.84. The minimum absolute atomic E-state index is 0.402. The maximum absolute atomic E-state index is 10.6. The van der Waals surface area contributed by atoms with Crippen molar-refractivity contribution in [2.75, 3.05) is 5.75 Å². The summed E-state index contributed by atoms with van der Waals surface area (Å²) in [6.07, 6.45) is 0.446. The first-order chi connectivity index (χ1) is 6.87. The number of benzene rings is 1. The van der Waals surface area contributed by atoms with E-state index < -0.39 is 21.9 Å². The molecule has 1 atom stereocenters. The topological polar surface area (TPSA) is 80.4 Å². The number of nitrogens with two attached hydrogens (primary N) is 1. The van der Waals surface area contributed by atoms with Gasteiger partial charge in [0.1, 0.15) is 0 Å². The lowest BCUT2D eigenvalue weighted by molar-refractivity contribution is 0.476. The van der Waals surface area contributed by atoms with Crippen molar-refractivity contribution >= 4 is 10.1 Å². The lowest BCUT2D eigenvalue weighted by Gasteiger charge is -2.09. The van der Waals surface area contributed by atoms with E-state index in [-0.39, 0.29) is 0 Å². The zero-order valence-electron chi connectivity index (χ0n) is 8.55. The van der Waals surface area contributed by atoms with Crippen LogP contribution in [0.3, 0.4) is 0 Å². The van der Waals surface area contributed by atoms with Gasteiger partial charge in [0.05, 0.1) is 5.75 Å². The van der Waals surface area contributed by atoms with Gasteiger partial charge in [0, 0.05) is 6.04 Å². The van der Waals surface area contributed by atoms with Gasteiger partial charge in [0.2, 0.25) is 0 Å². The van der Waals surface area contributed by atoms with Crippen molar-refractivity contribution in [2.24, 2.45) is 5.73 Å². The molecule has 0 heterocycles. The van der Waals surface area contributed by atoms with Gasteiger partial charge in [0.15, 0.2) is 0 Å². The van der Waals surface area contributed by atoms with E-state index in [2.05, 4.69) is 0 Å². The van der Waals surface area contributed by atoms with Crippen LogP contribution < -0.4 is 5.73 Å². The Morgan fingerprint density at radius 1 is 1.47 bits per heavy atom. The van der Waals surface area contributed by atoms with E-state index >= 15 is 0 Å². The van der Waals surface area contributed by atoms with Crippen molar-refractivity contribution in [3.63, 3.8) is 0 Å². The summed E-state index contributed by atoms with van der Waals surface area (Å²) >= 11 is 0. The Morgan fingerprint density at radius 3 is 2.67 bits per heavy atom. The van der Waals surface area contributed by atoms with Crippen LogP contribution in [0.5, 0.6) is 0 Å². The smallest absolute Gasteiger partial charge is 0.266 e. The van der Waals surface area contributed by atoms with Gasteiger partial charge in [0.25, 0.3) is 10.1 Å². The van der Waals surface area contributed by atoms with Crippen LogP contribution >= 0.6 is 0 Å². The Bertz CT molecular complexity index is 428. The van der Waals surface area contributed by atoms with Crippen molar-refractivity contribution in [1.29, 1.82) is 0 Å². The van der Waals surface area contributed by atoms with Crippen molar-refractivity contribution in [1.82, 2.24) is 0 Å². The molecule has 1 rings (SSSR count). The Balaban J connectivity index is 2.63. The molecule has 15 heavy (non-hydrogen) atoms. The minimum Gasteiger partial charge on any atom is -0.326 e. The van der Waals surface area contributed by atoms with E-state index in [9.17, 15) is 8.42 Å². The van der Waals surface area contributed by atoms with Crippen molar-refractivity contribution in [2.45, 2.75) is 19.4 Å². The molecule has 4 nitrogen and oxygen atoms in total. The lowest BCUT2D eigenvalue weighted by Crippen LogP contribution is -2.31. The number of hydrogen-bond acceptors (Lipinski definition) is 3. The summed E-state index contributed by atoms with van der Waals surface area (Å²) in [5.41, 5.74) is 7.68. The van der Waals surface area contributed by atoms with E-state index in [1.165, 1.54) is 0 Å². The van der Waals surface area contributed by atoms with E-state index in [0.717, 1.165) is 11.1 Å². The molecule has 0 saturated heterocycles. The zero-order chi connectivity index (χ0) is 11.5. The molecule has 0 amide bonds. The van der Waals surface area contributed by atoms with Gasteiger partial charge in [-0.3, -0.25) is 4.55 Å². The molecule has 5 heteroatoms. The summed E-state index contributed by atoms with van der Waals surface area (Å²) in [7, 11) is -3.98. The normalized spacial score (nSPS) is 13.8. The van der Waals surface area contributed by atoms with Crippen LogP contribution in [0.15, 0.2) is 24.3 Å². The van der Waals surface area contributed by atoms with Crippen molar-refractivity contribution < 1.29 is 13.0 Å². The molecule has 0 aromatic heterocycles. The van der Waals surface area contributed by atoms with Gasteiger partial charge in [-0.15, -0.1) is 0 Å². The fraction of sp³-hybridized carbons (Fsp3) is 0.400. The van der Waals surface area contributed by atoms with Crippen molar-refractivity contribution in [3.05, 3.63) is 35.4 Å². The summed E-state index contributed by atoms with van der Waals surface area (Å²) in [4.78, 5) is 0. The molecule has 1 aromatic carbocycles. The second-order valence-corrected chi connectivity index (χ2v) is 5.20. The quantitative estimate of drug-likeness (QED) is 0.747. The highest BCUT2D eigenvalue weighted by Crippen LogP contribution is 2.06. The Hall–Kier alpha value is -0.910. The van der Waals surface area contributed by atoms with Crippen molar-refractivity contribution in [3.8, 4) is 0 Å². The van der Waals surface area contributed by atoms with Crippen LogP contribution in [0.4, 0.5) is 0 Å². The van der Waals surface area contributed by atoms with Crippen LogP contribution in [0.2, 0.25) is 0 Å². The summed E-state index contributed by atoms with van der Waals surface area (Å²) in [6.45, 7) is 1.96. The predicted octanol–water partition coefficient (Wildman–Crippen LogP) is 0.753. The molecule has 0 spiro atoms. The number of hydrogen-bond donors (Lipinski definition) is 2. The number of rotatable bonds is 4. The fourth-order valence-corrected chi connectivity index (χ4v) is 2.13. The first-order valence-electron chi connectivity index (χ1n) is 4.63. The van der Waals surface area contributed by atoms with E-state index in [4.69, 9.17) is 10.3 Å². The van der Waals surface area contributed by atoms with Gasteiger partial charge in [-0.05, 0) is 18.9 Å². The molecule has 84 valence electrons. The van der Waals surface area contributed by atoms with Gasteiger partial charge in [-0.1, -0.05) is 29.8 Å². The van der Waals surface area contributed by atoms with Crippen LogP contribution in [-0.2, 0) is 16.5 Å². The van der Waals surface area contributed by atoms with Crippen LogP contribution in [-0.4, -0.2) is 24.8 Å². The van der Waals surface area contributed by atoms with E-state index in [0.29, 0.717) is 6.42 Å². The molecule has 3 N–H and O–H groups in total. The monoisotopic (exact) mass is 229 g/mol. The molecule has 0 aliphatic rings. The second kappa shape index (κ2) is 4.74. The first-order valence-corrected chi connectivity index (χ1v) is 6.24. The third-order valence-corrected chi connectivity index (χ3v) is 2.85. The maximum atomic E-state index is 10.6. The maximum Gasteiger partial charge on any atom is 0.266 e. The molecule has 0 aliphatic carbocycles. The molecular weight excluding hydrogens is 214 g/mol. The van der Waals surface area contributed by atoms with Crippen LogP contribution in [0.1, 0.15) is 11.1 Å². The third kappa shape index (κ3) is 4.92. The highest BCUT2D eigenvalue weighted by atomic mass is 32.2. The molecule has 0 fully saturated rings. The average molecular weight is 229 g/mol. The van der Waals surface area contributed by atoms with Crippen LogP contribution in [0.25, 0.3) is 0 Å². The van der Waals surface area contributed by atoms with Crippen LogP contribution in [0, 0.1) is 6.92 Å². The van der Waals surface area contributed by atoms with E-state index in [1.54, 1.807) is 0 Å². The lowest BCUT2D eigenvalue weighted by atomic mass is 10.1. The molecule has 0 radical (unpaired) electrons. The molecule has 0 aliphatic heterocycles. The molecule has 0 unspecified atom stereocenters. The standard InChI is InChI=1S/C10H15NO3S/c1-8-3-2-4-9(5-8)6-10(11)7-15(12,13)14/h2-5,10H,6-7,11H2,1H3,(H,12,13,14)/t10-/m1/s1. The summed E-state index contributed by atoms with van der Waals surface area (Å²) in [6, 6.07) is 7.12. The van der Waals surface area contributed by atoms with Gasteiger partial charge >= 0.3 is 0 Å². The van der Waals surface area contributed by atoms with Gasteiger partial charge < -0.3 is 5.73 Å². The SMILES string of the molecule is Cc1cccc(C[C@@H](N)CS(=O)(=O)O)c1. The first kappa shape index (κ1) is 12.2.